The van der Waals surface area contributed by atoms with Gasteiger partial charge in [0.2, 0.25) is 0 Å². The molecule has 0 fully saturated rings. The zero-order valence-corrected chi connectivity index (χ0v) is 14.1. The number of nitro benzene ring substituents is 1. The van der Waals surface area contributed by atoms with Gasteiger partial charge in [-0.3, -0.25) is 19.8 Å². The van der Waals surface area contributed by atoms with Crippen molar-refractivity contribution in [3.05, 3.63) is 70.4 Å². The number of alkyl halides is 3. The van der Waals surface area contributed by atoms with Gasteiger partial charge in [0, 0.05) is 17.6 Å². The van der Waals surface area contributed by atoms with E-state index in [-0.39, 0.29) is 17.3 Å². The van der Waals surface area contributed by atoms with Crippen molar-refractivity contribution in [3.8, 4) is 0 Å². The van der Waals surface area contributed by atoms with Gasteiger partial charge < -0.3 is 0 Å². The Balaban J connectivity index is 2.11. The molecule has 0 spiro atoms. The fourth-order valence-electron chi connectivity index (χ4n) is 2.45. The van der Waals surface area contributed by atoms with E-state index in [0.717, 1.165) is 0 Å². The summed E-state index contributed by atoms with van der Waals surface area (Å²) in [4.78, 5) is 13.1. The summed E-state index contributed by atoms with van der Waals surface area (Å²) in [6.07, 6.45) is -3.42. The molecule has 0 bridgehead atoms. The molecule has 0 amide bonds. The van der Waals surface area contributed by atoms with Gasteiger partial charge in [0.15, 0.2) is 4.90 Å². The number of anilines is 1. The number of benzene rings is 2. The lowest BCUT2D eigenvalue weighted by Crippen LogP contribution is -2.16. The van der Waals surface area contributed by atoms with Crippen molar-refractivity contribution < 1.29 is 26.5 Å². The van der Waals surface area contributed by atoms with Crippen LogP contribution in [0.5, 0.6) is 0 Å². The Morgan fingerprint density at radius 3 is 2.44 bits per heavy atom. The number of nitrogens with one attached hydrogen (secondary N) is 1. The van der Waals surface area contributed by atoms with E-state index in [9.17, 15) is 31.7 Å². The number of hydrogen-bond acceptors (Lipinski definition) is 5. The van der Waals surface area contributed by atoms with Crippen molar-refractivity contribution in [1.82, 2.24) is 4.98 Å². The van der Waals surface area contributed by atoms with Gasteiger partial charge in [-0.05, 0) is 24.3 Å². The van der Waals surface area contributed by atoms with Crippen LogP contribution in [0.15, 0.2) is 59.6 Å². The number of sulfonamides is 1. The second-order valence-corrected chi connectivity index (χ2v) is 7.07. The fourth-order valence-corrected chi connectivity index (χ4v) is 3.67. The number of nitrogens with zero attached hydrogens (tertiary/aromatic N) is 2. The molecule has 0 saturated carbocycles. The molecule has 1 heterocycles. The summed E-state index contributed by atoms with van der Waals surface area (Å²) in [5.41, 5.74) is -2.16. The number of nitro groups is 1. The molecule has 0 aliphatic rings. The van der Waals surface area contributed by atoms with Crippen molar-refractivity contribution in [1.29, 1.82) is 0 Å². The monoisotopic (exact) mass is 397 g/mol. The van der Waals surface area contributed by atoms with Crippen molar-refractivity contribution in [2.24, 2.45) is 0 Å². The number of rotatable bonds is 4. The van der Waals surface area contributed by atoms with Crippen molar-refractivity contribution >= 4 is 32.3 Å². The Kier molecular flexibility index (Phi) is 4.47. The molecular weight excluding hydrogens is 387 g/mol. The maximum absolute atomic E-state index is 12.8. The zero-order chi connectivity index (χ0) is 19.8. The molecule has 0 atom stereocenters. The number of aromatic nitrogens is 1. The number of hydrogen-bond donors (Lipinski definition) is 1. The van der Waals surface area contributed by atoms with Crippen LogP contribution >= 0.6 is 0 Å². The van der Waals surface area contributed by atoms with Gasteiger partial charge in [0.25, 0.3) is 15.7 Å². The highest BCUT2D eigenvalue weighted by Crippen LogP contribution is 2.35. The average Bonchev–Trinajstić information content (AvgIpc) is 2.60. The van der Waals surface area contributed by atoms with Crippen LogP contribution in [0.25, 0.3) is 10.9 Å². The first kappa shape index (κ1) is 18.6. The van der Waals surface area contributed by atoms with E-state index in [1.54, 1.807) is 24.3 Å². The minimum absolute atomic E-state index is 0.0438. The van der Waals surface area contributed by atoms with E-state index in [1.807, 2.05) is 0 Å². The van der Waals surface area contributed by atoms with Crippen molar-refractivity contribution in [2.75, 3.05) is 4.72 Å². The van der Waals surface area contributed by atoms with Crippen molar-refractivity contribution in [2.45, 2.75) is 11.1 Å². The van der Waals surface area contributed by atoms with Crippen LogP contribution in [0.1, 0.15) is 5.56 Å². The van der Waals surface area contributed by atoms with Gasteiger partial charge in [-0.25, -0.2) is 8.42 Å². The SMILES string of the molecule is O=[N+]([O-])c1cc(C(F)(F)F)ccc1S(=O)(=O)Nc1cccc2cccnc12. The number of fused-ring (bicyclic) bond motifs is 1. The average molecular weight is 397 g/mol. The first-order chi connectivity index (χ1) is 12.6. The summed E-state index contributed by atoms with van der Waals surface area (Å²) >= 11 is 0. The molecule has 140 valence electrons. The molecule has 27 heavy (non-hydrogen) atoms. The predicted molar refractivity (Wildman–Crippen MR) is 90.6 cm³/mol. The predicted octanol–water partition coefficient (Wildman–Crippen LogP) is 3.96. The Labute approximate surface area is 150 Å². The van der Waals surface area contributed by atoms with E-state index in [0.29, 0.717) is 17.5 Å². The molecule has 0 aliphatic heterocycles. The normalized spacial score (nSPS) is 12.1. The Morgan fingerprint density at radius 2 is 1.78 bits per heavy atom. The van der Waals surface area contributed by atoms with Crippen LogP contribution in [0.3, 0.4) is 0 Å². The van der Waals surface area contributed by atoms with E-state index < -0.39 is 37.3 Å². The van der Waals surface area contributed by atoms with Gasteiger partial charge >= 0.3 is 6.18 Å². The van der Waals surface area contributed by atoms with Crippen LogP contribution < -0.4 is 4.72 Å². The highest BCUT2D eigenvalue weighted by Gasteiger charge is 2.35. The Hall–Kier alpha value is -3.21. The van der Waals surface area contributed by atoms with E-state index in [1.165, 1.54) is 12.3 Å². The number of halogens is 3. The highest BCUT2D eigenvalue weighted by molar-refractivity contribution is 7.92. The molecule has 3 rings (SSSR count). The summed E-state index contributed by atoms with van der Waals surface area (Å²) < 4.78 is 65.7. The van der Waals surface area contributed by atoms with E-state index in [2.05, 4.69) is 9.71 Å². The van der Waals surface area contributed by atoms with Crippen LogP contribution in [0.4, 0.5) is 24.5 Å². The molecule has 0 unspecified atom stereocenters. The van der Waals surface area contributed by atoms with Crippen LogP contribution in [0, 0.1) is 10.1 Å². The largest absolute Gasteiger partial charge is 0.416 e. The van der Waals surface area contributed by atoms with Crippen LogP contribution in [-0.2, 0) is 16.2 Å². The van der Waals surface area contributed by atoms with Crippen molar-refractivity contribution in [3.63, 3.8) is 0 Å². The van der Waals surface area contributed by atoms with Crippen LogP contribution in [0.2, 0.25) is 0 Å². The second-order valence-electron chi connectivity index (χ2n) is 5.42. The zero-order valence-electron chi connectivity index (χ0n) is 13.3. The standard InChI is InChI=1S/C16H10F3N3O4S/c17-16(18,19)11-6-7-14(13(9-11)22(23)24)27(25,26)21-12-5-1-3-10-4-2-8-20-15(10)12/h1-9,21H. The van der Waals surface area contributed by atoms with Crippen LogP contribution in [-0.4, -0.2) is 18.3 Å². The summed E-state index contributed by atoms with van der Waals surface area (Å²) in [6.45, 7) is 0. The Bertz CT molecular complexity index is 1140. The molecule has 1 N–H and O–H groups in total. The minimum atomic E-state index is -4.85. The van der Waals surface area contributed by atoms with Gasteiger partial charge in [-0.2, -0.15) is 13.2 Å². The van der Waals surface area contributed by atoms with Gasteiger partial charge in [0.1, 0.15) is 0 Å². The molecule has 3 aromatic rings. The van der Waals surface area contributed by atoms with Gasteiger partial charge in [-0.1, -0.05) is 18.2 Å². The summed E-state index contributed by atoms with van der Waals surface area (Å²) in [7, 11) is -4.54. The lowest BCUT2D eigenvalue weighted by Gasteiger charge is -2.12. The number of para-hydroxylation sites is 1. The summed E-state index contributed by atoms with van der Waals surface area (Å²) in [6, 6.07) is 9.16. The molecule has 11 heteroatoms. The Morgan fingerprint density at radius 1 is 1.07 bits per heavy atom. The lowest BCUT2D eigenvalue weighted by molar-refractivity contribution is -0.388. The summed E-state index contributed by atoms with van der Waals surface area (Å²) in [5.74, 6) is 0. The highest BCUT2D eigenvalue weighted by atomic mass is 32.2. The lowest BCUT2D eigenvalue weighted by atomic mass is 10.2. The van der Waals surface area contributed by atoms with Gasteiger partial charge in [-0.15, -0.1) is 0 Å². The second kappa shape index (κ2) is 6.50. The molecule has 7 nitrogen and oxygen atoms in total. The maximum Gasteiger partial charge on any atom is 0.416 e. The first-order valence-corrected chi connectivity index (χ1v) is 8.80. The molecule has 0 aliphatic carbocycles. The topological polar surface area (TPSA) is 102 Å². The smallest absolute Gasteiger partial charge is 0.277 e. The third-order valence-electron chi connectivity index (χ3n) is 3.65. The first-order valence-electron chi connectivity index (χ1n) is 7.32. The molecule has 1 aromatic heterocycles. The third-order valence-corrected chi connectivity index (χ3v) is 5.06. The molecule has 0 saturated heterocycles. The van der Waals surface area contributed by atoms with E-state index in [4.69, 9.17) is 0 Å². The molecule has 2 aromatic carbocycles. The fraction of sp³-hybridized carbons (Fsp3) is 0.0625. The molecule has 0 radical (unpaired) electrons. The third kappa shape index (κ3) is 3.67. The van der Waals surface area contributed by atoms with E-state index >= 15 is 0 Å². The molecular formula is C16H10F3N3O4S. The summed E-state index contributed by atoms with van der Waals surface area (Å²) in [5, 5.41) is 11.8. The maximum atomic E-state index is 12.8. The van der Waals surface area contributed by atoms with Gasteiger partial charge in [0.05, 0.1) is 21.7 Å². The minimum Gasteiger partial charge on any atom is -0.277 e. The number of pyridine rings is 1. The quantitative estimate of drug-likeness (QED) is 0.530.